The van der Waals surface area contributed by atoms with E-state index in [4.69, 9.17) is 5.73 Å². The first kappa shape index (κ1) is 14.5. The molecule has 0 bridgehead atoms. The van der Waals surface area contributed by atoms with Gasteiger partial charge in [-0.2, -0.15) is 0 Å². The Labute approximate surface area is 117 Å². The molecular formula is C16H27N3. The van der Waals surface area contributed by atoms with Gasteiger partial charge in [-0.15, -0.1) is 0 Å². The second-order valence-corrected chi connectivity index (χ2v) is 5.78. The Balaban J connectivity index is 1.72. The van der Waals surface area contributed by atoms with E-state index in [2.05, 4.69) is 47.9 Å². The molecule has 1 aliphatic rings. The third-order valence-corrected chi connectivity index (χ3v) is 4.12. The summed E-state index contributed by atoms with van der Waals surface area (Å²) in [6.07, 6.45) is 1.05. The van der Waals surface area contributed by atoms with Gasteiger partial charge in [-0.3, -0.25) is 4.90 Å². The monoisotopic (exact) mass is 261 g/mol. The van der Waals surface area contributed by atoms with E-state index in [0.717, 1.165) is 13.0 Å². The van der Waals surface area contributed by atoms with Crippen molar-refractivity contribution >= 4 is 0 Å². The van der Waals surface area contributed by atoms with E-state index in [9.17, 15) is 0 Å². The van der Waals surface area contributed by atoms with Gasteiger partial charge in [0.15, 0.2) is 0 Å². The minimum absolute atomic E-state index is 0.171. The zero-order chi connectivity index (χ0) is 13.7. The minimum atomic E-state index is 0.171. The molecule has 0 spiro atoms. The molecule has 0 amide bonds. The van der Waals surface area contributed by atoms with Crippen molar-refractivity contribution in [3.05, 3.63) is 35.9 Å². The molecule has 2 N–H and O–H groups in total. The Morgan fingerprint density at radius 1 is 1.05 bits per heavy atom. The lowest BCUT2D eigenvalue weighted by Crippen LogP contribution is -2.49. The van der Waals surface area contributed by atoms with Crippen molar-refractivity contribution in [3.8, 4) is 0 Å². The highest BCUT2D eigenvalue weighted by Crippen LogP contribution is 2.15. The van der Waals surface area contributed by atoms with Crippen LogP contribution in [0.25, 0.3) is 0 Å². The van der Waals surface area contributed by atoms with Gasteiger partial charge in [0.1, 0.15) is 0 Å². The molecule has 1 aliphatic heterocycles. The first-order chi connectivity index (χ1) is 9.16. The van der Waals surface area contributed by atoms with Crippen molar-refractivity contribution < 1.29 is 0 Å². The maximum atomic E-state index is 6.25. The Hall–Kier alpha value is -0.900. The van der Waals surface area contributed by atoms with Crippen molar-refractivity contribution in [2.45, 2.75) is 32.4 Å². The highest BCUT2D eigenvalue weighted by molar-refractivity contribution is 5.18. The summed E-state index contributed by atoms with van der Waals surface area (Å²) in [6.45, 7) is 10.4. The summed E-state index contributed by atoms with van der Waals surface area (Å²) >= 11 is 0. The molecule has 1 fully saturated rings. The Bertz CT molecular complexity index is 356. The number of hydrogen-bond donors (Lipinski definition) is 1. The molecule has 1 aromatic carbocycles. The lowest BCUT2D eigenvalue weighted by atomic mass is 10.0. The fourth-order valence-electron chi connectivity index (χ4n) is 2.69. The van der Waals surface area contributed by atoms with E-state index in [1.165, 1.54) is 31.7 Å². The summed E-state index contributed by atoms with van der Waals surface area (Å²) in [5.74, 6) is 0. The summed E-state index contributed by atoms with van der Waals surface area (Å²) < 4.78 is 0. The number of benzene rings is 1. The maximum Gasteiger partial charge on any atom is 0.0307 e. The SMILES string of the molecule is CC(C)N1CCN(CCC(N)c2ccccc2)CC1. The van der Waals surface area contributed by atoms with Gasteiger partial charge in [-0.05, 0) is 25.8 Å². The van der Waals surface area contributed by atoms with E-state index in [1.807, 2.05) is 6.07 Å². The summed E-state index contributed by atoms with van der Waals surface area (Å²) in [5.41, 5.74) is 7.50. The molecule has 106 valence electrons. The average molecular weight is 261 g/mol. The van der Waals surface area contributed by atoms with Crippen LogP contribution in [0.1, 0.15) is 31.9 Å². The first-order valence-corrected chi connectivity index (χ1v) is 7.43. The van der Waals surface area contributed by atoms with Crippen LogP contribution in [0.3, 0.4) is 0 Å². The topological polar surface area (TPSA) is 32.5 Å². The average Bonchev–Trinajstić information content (AvgIpc) is 2.46. The van der Waals surface area contributed by atoms with E-state index in [-0.39, 0.29) is 6.04 Å². The van der Waals surface area contributed by atoms with Crippen LogP contribution in [0.15, 0.2) is 30.3 Å². The number of nitrogens with two attached hydrogens (primary N) is 1. The third-order valence-electron chi connectivity index (χ3n) is 4.12. The van der Waals surface area contributed by atoms with Gasteiger partial charge in [0.25, 0.3) is 0 Å². The van der Waals surface area contributed by atoms with Crippen LogP contribution in [0.2, 0.25) is 0 Å². The van der Waals surface area contributed by atoms with Gasteiger partial charge in [-0.25, -0.2) is 0 Å². The second-order valence-electron chi connectivity index (χ2n) is 5.78. The summed E-state index contributed by atoms with van der Waals surface area (Å²) in [7, 11) is 0. The van der Waals surface area contributed by atoms with Crippen LogP contribution < -0.4 is 5.73 Å². The highest BCUT2D eigenvalue weighted by atomic mass is 15.3. The second kappa shape index (κ2) is 7.04. The van der Waals surface area contributed by atoms with E-state index >= 15 is 0 Å². The van der Waals surface area contributed by atoms with E-state index in [0.29, 0.717) is 6.04 Å². The van der Waals surface area contributed by atoms with Crippen molar-refractivity contribution in [2.24, 2.45) is 5.73 Å². The molecule has 0 aliphatic carbocycles. The molecule has 0 aromatic heterocycles. The first-order valence-electron chi connectivity index (χ1n) is 7.43. The zero-order valence-corrected chi connectivity index (χ0v) is 12.3. The number of rotatable bonds is 5. The largest absolute Gasteiger partial charge is 0.324 e. The molecule has 1 saturated heterocycles. The van der Waals surface area contributed by atoms with Gasteiger partial charge >= 0.3 is 0 Å². The number of nitrogens with zero attached hydrogens (tertiary/aromatic N) is 2. The van der Waals surface area contributed by atoms with Gasteiger partial charge in [0.05, 0.1) is 0 Å². The van der Waals surface area contributed by atoms with Crippen LogP contribution in [0.4, 0.5) is 0 Å². The van der Waals surface area contributed by atoms with Crippen LogP contribution >= 0.6 is 0 Å². The Kier molecular flexibility index (Phi) is 5.37. The van der Waals surface area contributed by atoms with E-state index < -0.39 is 0 Å². The summed E-state index contributed by atoms with van der Waals surface area (Å²) in [6, 6.07) is 11.3. The molecule has 2 rings (SSSR count). The predicted octanol–water partition coefficient (Wildman–Crippen LogP) is 2.10. The molecular weight excluding hydrogens is 234 g/mol. The molecule has 1 unspecified atom stereocenters. The molecule has 19 heavy (non-hydrogen) atoms. The zero-order valence-electron chi connectivity index (χ0n) is 12.3. The smallest absolute Gasteiger partial charge is 0.0307 e. The van der Waals surface area contributed by atoms with Gasteiger partial charge < -0.3 is 10.6 Å². The normalized spacial score (nSPS) is 19.8. The highest BCUT2D eigenvalue weighted by Gasteiger charge is 2.19. The van der Waals surface area contributed by atoms with Gasteiger partial charge in [0.2, 0.25) is 0 Å². The third kappa shape index (κ3) is 4.30. The quantitative estimate of drug-likeness (QED) is 0.881. The molecule has 3 heteroatoms. The van der Waals surface area contributed by atoms with Crippen LogP contribution in [-0.4, -0.2) is 48.6 Å². The lowest BCUT2D eigenvalue weighted by molar-refractivity contribution is 0.106. The molecule has 0 saturated carbocycles. The summed E-state index contributed by atoms with van der Waals surface area (Å²) in [5, 5.41) is 0. The lowest BCUT2D eigenvalue weighted by Gasteiger charge is -2.37. The van der Waals surface area contributed by atoms with Crippen molar-refractivity contribution in [2.75, 3.05) is 32.7 Å². The predicted molar refractivity (Wildman–Crippen MR) is 81.1 cm³/mol. The molecule has 1 aromatic rings. The maximum absolute atomic E-state index is 6.25. The standard InChI is InChI=1S/C16H27N3/c1-14(2)19-12-10-18(11-13-19)9-8-16(17)15-6-4-3-5-7-15/h3-7,14,16H,8-13,17H2,1-2H3. The molecule has 0 radical (unpaired) electrons. The van der Waals surface area contributed by atoms with Crippen molar-refractivity contribution in [3.63, 3.8) is 0 Å². The fourth-order valence-corrected chi connectivity index (χ4v) is 2.69. The van der Waals surface area contributed by atoms with Gasteiger partial charge in [0, 0.05) is 44.8 Å². The Morgan fingerprint density at radius 2 is 1.68 bits per heavy atom. The van der Waals surface area contributed by atoms with Crippen molar-refractivity contribution in [1.82, 2.24) is 9.80 Å². The number of piperazine rings is 1. The number of hydrogen-bond acceptors (Lipinski definition) is 3. The summed E-state index contributed by atoms with van der Waals surface area (Å²) in [4.78, 5) is 5.09. The van der Waals surface area contributed by atoms with E-state index in [1.54, 1.807) is 0 Å². The molecule has 1 heterocycles. The van der Waals surface area contributed by atoms with Crippen molar-refractivity contribution in [1.29, 1.82) is 0 Å². The Morgan fingerprint density at radius 3 is 2.26 bits per heavy atom. The van der Waals surface area contributed by atoms with Crippen LogP contribution in [-0.2, 0) is 0 Å². The minimum Gasteiger partial charge on any atom is -0.324 e. The molecule has 1 atom stereocenters. The van der Waals surface area contributed by atoms with Crippen LogP contribution in [0, 0.1) is 0 Å². The molecule has 3 nitrogen and oxygen atoms in total. The van der Waals surface area contributed by atoms with Crippen LogP contribution in [0.5, 0.6) is 0 Å². The fraction of sp³-hybridized carbons (Fsp3) is 0.625. The van der Waals surface area contributed by atoms with Gasteiger partial charge in [-0.1, -0.05) is 30.3 Å².